The highest BCUT2D eigenvalue weighted by molar-refractivity contribution is 6.36. The molecule has 5 heteroatoms. The van der Waals surface area contributed by atoms with Crippen molar-refractivity contribution >= 4 is 9.53 Å². The van der Waals surface area contributed by atoms with Gasteiger partial charge < -0.3 is 18.0 Å². The number of hydrogen-bond acceptors (Lipinski definition) is 4. The van der Waals surface area contributed by atoms with Crippen LogP contribution in [0.15, 0.2) is 0 Å². The Morgan fingerprint density at radius 3 is 1.62 bits per heavy atom. The van der Waals surface area contributed by atoms with Crippen molar-refractivity contribution in [2.24, 2.45) is 5.92 Å². The number of hydrogen-bond donors (Lipinski definition) is 0. The maximum atomic E-state index is 4.93. The summed E-state index contributed by atoms with van der Waals surface area (Å²) in [6, 6.07) is 0. The minimum atomic E-state index is -1.67. The largest absolute Gasteiger partial charge is 0.483 e. The van der Waals surface area contributed by atoms with Gasteiger partial charge in [-0.25, -0.2) is 0 Å². The Labute approximate surface area is 82.1 Å². The summed E-state index contributed by atoms with van der Waals surface area (Å²) in [5.74, 6) is 0.894. The van der Waals surface area contributed by atoms with Gasteiger partial charge in [0.05, 0.1) is 13.2 Å². The van der Waals surface area contributed by atoms with E-state index in [-0.39, 0.29) is 0 Å². The van der Waals surface area contributed by atoms with Crippen LogP contribution in [-0.2, 0) is 18.0 Å². The molecule has 0 aromatic heterocycles. The molecule has 0 unspecified atom stereocenters. The van der Waals surface area contributed by atoms with E-state index in [2.05, 4.69) is 6.92 Å². The van der Waals surface area contributed by atoms with E-state index >= 15 is 0 Å². The lowest BCUT2D eigenvalue weighted by molar-refractivity contribution is -0.0331. The average Bonchev–Trinajstić information content (AvgIpc) is 2.07. The molecular formula is C8H20O4Si. The first-order valence-electron chi connectivity index (χ1n) is 4.44. The van der Waals surface area contributed by atoms with E-state index in [0.29, 0.717) is 0 Å². The summed E-state index contributed by atoms with van der Waals surface area (Å²) in [4.78, 5) is 0. The molecule has 0 radical (unpaired) electrons. The Morgan fingerprint density at radius 1 is 1.15 bits per heavy atom. The van der Waals surface area contributed by atoms with Crippen LogP contribution in [0.5, 0.6) is 0 Å². The zero-order valence-electron chi connectivity index (χ0n) is 8.91. The minimum absolute atomic E-state index is 0.894. The molecule has 0 amide bonds. The Hall–Kier alpha value is 0.0569. The fourth-order valence-electron chi connectivity index (χ4n) is 0.809. The molecular weight excluding hydrogens is 188 g/mol. The first kappa shape index (κ1) is 13.1. The fourth-order valence-corrected chi connectivity index (χ4v) is 1.39. The van der Waals surface area contributed by atoms with Crippen LogP contribution in [0.25, 0.3) is 0 Å². The highest BCUT2D eigenvalue weighted by Crippen LogP contribution is 2.12. The topological polar surface area (TPSA) is 36.9 Å². The Morgan fingerprint density at radius 2 is 1.62 bits per heavy atom. The Bertz CT molecular complexity index is 96.1. The van der Waals surface area contributed by atoms with E-state index in [1.165, 1.54) is 6.42 Å². The number of rotatable bonds is 4. The van der Waals surface area contributed by atoms with Gasteiger partial charge in [0.15, 0.2) is 0 Å². The van der Waals surface area contributed by atoms with Crippen LogP contribution < -0.4 is 0 Å². The lowest BCUT2D eigenvalue weighted by atomic mass is 10.1. The van der Waals surface area contributed by atoms with Crippen LogP contribution in [0.1, 0.15) is 13.3 Å². The van der Waals surface area contributed by atoms with Crippen LogP contribution in [0, 0.1) is 5.92 Å². The van der Waals surface area contributed by atoms with Crippen LogP contribution >= 0.6 is 0 Å². The molecule has 1 rings (SSSR count). The van der Waals surface area contributed by atoms with Crippen molar-refractivity contribution in [3.63, 3.8) is 0 Å². The minimum Gasteiger partial charge on any atom is -0.381 e. The molecule has 1 aliphatic rings. The van der Waals surface area contributed by atoms with E-state index in [1.807, 2.05) is 0 Å². The molecule has 0 atom stereocenters. The molecule has 0 aromatic rings. The third-order valence-electron chi connectivity index (χ3n) is 1.86. The van der Waals surface area contributed by atoms with Crippen molar-refractivity contribution in [1.82, 2.24) is 0 Å². The molecule has 0 N–H and O–H groups in total. The normalized spacial score (nSPS) is 16.4. The molecule has 1 heterocycles. The quantitative estimate of drug-likeness (QED) is 0.637. The molecule has 0 aromatic carbocycles. The van der Waals surface area contributed by atoms with Crippen molar-refractivity contribution in [2.75, 3.05) is 34.5 Å². The van der Waals surface area contributed by atoms with E-state index in [1.54, 1.807) is 21.3 Å². The van der Waals surface area contributed by atoms with Crippen molar-refractivity contribution in [3.05, 3.63) is 0 Å². The van der Waals surface area contributed by atoms with E-state index in [4.69, 9.17) is 18.0 Å². The second-order valence-electron chi connectivity index (χ2n) is 2.81. The first-order valence-corrected chi connectivity index (χ1v) is 5.86. The molecule has 13 heavy (non-hydrogen) atoms. The third-order valence-corrected chi connectivity index (χ3v) is 3.02. The molecule has 1 aliphatic heterocycles. The highest BCUT2D eigenvalue weighted by atomic mass is 28.3. The zero-order valence-corrected chi connectivity index (χ0v) is 10.1. The van der Waals surface area contributed by atoms with Crippen molar-refractivity contribution in [3.8, 4) is 0 Å². The molecule has 0 saturated carbocycles. The molecule has 0 bridgehead atoms. The van der Waals surface area contributed by atoms with E-state index in [0.717, 1.165) is 19.1 Å². The van der Waals surface area contributed by atoms with Gasteiger partial charge in [0, 0.05) is 27.2 Å². The van der Waals surface area contributed by atoms with Gasteiger partial charge in [-0.1, -0.05) is 6.92 Å². The lowest BCUT2D eigenvalue weighted by Gasteiger charge is -2.23. The van der Waals surface area contributed by atoms with Gasteiger partial charge in [-0.3, -0.25) is 0 Å². The van der Waals surface area contributed by atoms with Crippen molar-refractivity contribution < 1.29 is 18.0 Å². The third kappa shape index (κ3) is 6.17. The van der Waals surface area contributed by atoms with E-state index in [9.17, 15) is 0 Å². The predicted molar refractivity (Wildman–Crippen MR) is 52.8 cm³/mol. The Kier molecular flexibility index (Phi) is 8.68. The van der Waals surface area contributed by atoms with Crippen LogP contribution in [0.2, 0.25) is 0 Å². The van der Waals surface area contributed by atoms with E-state index < -0.39 is 9.53 Å². The smallest absolute Gasteiger partial charge is 0.381 e. The standard InChI is InChI=1S/C5H10O.C3H10O3Si/c1-2-5-3-6-4-5;1-4-7(5-2)6-3/h5H,2-4H2,1H3;7H,1-3H3. The molecule has 80 valence electrons. The van der Waals surface area contributed by atoms with Crippen LogP contribution in [0.3, 0.4) is 0 Å². The molecule has 1 saturated heterocycles. The van der Waals surface area contributed by atoms with Gasteiger partial charge >= 0.3 is 9.53 Å². The summed E-state index contributed by atoms with van der Waals surface area (Å²) >= 11 is 0. The van der Waals surface area contributed by atoms with Gasteiger partial charge in [-0.15, -0.1) is 0 Å². The summed E-state index contributed by atoms with van der Waals surface area (Å²) in [5.41, 5.74) is 0. The monoisotopic (exact) mass is 208 g/mol. The molecule has 0 aliphatic carbocycles. The van der Waals surface area contributed by atoms with Gasteiger partial charge in [0.2, 0.25) is 0 Å². The summed E-state index contributed by atoms with van der Waals surface area (Å²) in [6.07, 6.45) is 1.29. The SMILES string of the molecule is CCC1COC1.CO[SiH](OC)OC. The maximum Gasteiger partial charge on any atom is 0.483 e. The van der Waals surface area contributed by atoms with Crippen molar-refractivity contribution in [1.29, 1.82) is 0 Å². The highest BCUT2D eigenvalue weighted by Gasteiger charge is 2.14. The summed E-state index contributed by atoms with van der Waals surface area (Å²) in [6.45, 7) is 4.22. The van der Waals surface area contributed by atoms with Gasteiger partial charge in [0.25, 0.3) is 0 Å². The van der Waals surface area contributed by atoms with Gasteiger partial charge in [-0.2, -0.15) is 0 Å². The molecule has 4 nitrogen and oxygen atoms in total. The van der Waals surface area contributed by atoms with Crippen LogP contribution in [-0.4, -0.2) is 44.1 Å². The van der Waals surface area contributed by atoms with Crippen LogP contribution in [0.4, 0.5) is 0 Å². The van der Waals surface area contributed by atoms with Gasteiger partial charge in [0.1, 0.15) is 0 Å². The predicted octanol–water partition coefficient (Wildman–Crippen LogP) is 0.686. The first-order chi connectivity index (χ1) is 6.28. The summed E-state index contributed by atoms with van der Waals surface area (Å²) in [7, 11) is 3.05. The average molecular weight is 208 g/mol. The second kappa shape index (κ2) is 8.65. The fraction of sp³-hybridized carbons (Fsp3) is 1.00. The van der Waals surface area contributed by atoms with Crippen molar-refractivity contribution in [2.45, 2.75) is 13.3 Å². The maximum absolute atomic E-state index is 4.93. The Balaban J connectivity index is 0.000000223. The zero-order chi connectivity index (χ0) is 10.1. The lowest BCUT2D eigenvalue weighted by Crippen LogP contribution is -2.26. The molecule has 1 fully saturated rings. The number of ether oxygens (including phenoxy) is 1. The summed E-state index contributed by atoms with van der Waals surface area (Å²) < 4.78 is 19.2. The molecule has 0 spiro atoms. The summed E-state index contributed by atoms with van der Waals surface area (Å²) in [5, 5.41) is 0. The van der Waals surface area contributed by atoms with Gasteiger partial charge in [-0.05, 0) is 6.42 Å². The second-order valence-corrected chi connectivity index (χ2v) is 4.80.